The SMILES string of the molecule is CCN(CC)c1ccc(NC(=O)Cn2c(=O)c3c(ncn3C)n(C)c2=O)cc1. The summed E-state index contributed by atoms with van der Waals surface area (Å²) in [5.41, 5.74) is 1.12. The molecule has 0 aliphatic heterocycles. The molecular formula is C19H24N6O3. The van der Waals surface area contributed by atoms with Crippen molar-refractivity contribution in [3.05, 3.63) is 51.4 Å². The molecule has 0 aliphatic carbocycles. The number of imidazole rings is 1. The number of fused-ring (bicyclic) bond motifs is 1. The van der Waals surface area contributed by atoms with Gasteiger partial charge in [0.2, 0.25) is 5.91 Å². The minimum absolute atomic E-state index is 0.276. The largest absolute Gasteiger partial charge is 0.372 e. The molecule has 0 saturated carbocycles. The normalized spacial score (nSPS) is 11.0. The monoisotopic (exact) mass is 384 g/mol. The molecule has 148 valence electrons. The Hall–Kier alpha value is -3.36. The molecule has 0 unspecified atom stereocenters. The molecular weight excluding hydrogens is 360 g/mol. The fraction of sp³-hybridized carbons (Fsp3) is 0.368. The molecule has 0 radical (unpaired) electrons. The molecule has 9 nitrogen and oxygen atoms in total. The van der Waals surface area contributed by atoms with Crippen LogP contribution in [0.5, 0.6) is 0 Å². The van der Waals surface area contributed by atoms with Gasteiger partial charge in [-0.2, -0.15) is 0 Å². The zero-order valence-corrected chi connectivity index (χ0v) is 16.5. The Kier molecular flexibility index (Phi) is 5.34. The van der Waals surface area contributed by atoms with E-state index >= 15 is 0 Å². The molecule has 1 aromatic carbocycles. The summed E-state index contributed by atoms with van der Waals surface area (Å²) in [5.74, 6) is -0.448. The highest BCUT2D eigenvalue weighted by molar-refractivity contribution is 5.90. The van der Waals surface area contributed by atoms with E-state index in [4.69, 9.17) is 0 Å². The fourth-order valence-electron chi connectivity index (χ4n) is 3.22. The van der Waals surface area contributed by atoms with Gasteiger partial charge < -0.3 is 14.8 Å². The van der Waals surface area contributed by atoms with Crippen LogP contribution in [0.15, 0.2) is 40.2 Å². The second-order valence-electron chi connectivity index (χ2n) is 6.53. The number of hydrogen-bond acceptors (Lipinski definition) is 5. The van der Waals surface area contributed by atoms with Crippen molar-refractivity contribution in [3.63, 3.8) is 0 Å². The lowest BCUT2D eigenvalue weighted by atomic mass is 10.2. The van der Waals surface area contributed by atoms with Crippen LogP contribution in [0.2, 0.25) is 0 Å². The average molecular weight is 384 g/mol. The highest BCUT2D eigenvalue weighted by Gasteiger charge is 2.17. The zero-order chi connectivity index (χ0) is 20.4. The second-order valence-corrected chi connectivity index (χ2v) is 6.53. The van der Waals surface area contributed by atoms with Crippen molar-refractivity contribution >= 4 is 28.4 Å². The summed E-state index contributed by atoms with van der Waals surface area (Å²) in [4.78, 5) is 43.8. The van der Waals surface area contributed by atoms with Crippen molar-refractivity contribution in [2.45, 2.75) is 20.4 Å². The number of nitrogens with zero attached hydrogens (tertiary/aromatic N) is 5. The van der Waals surface area contributed by atoms with Crippen LogP contribution in [0, 0.1) is 0 Å². The van der Waals surface area contributed by atoms with Crippen LogP contribution >= 0.6 is 0 Å². The minimum Gasteiger partial charge on any atom is -0.372 e. The molecule has 0 atom stereocenters. The van der Waals surface area contributed by atoms with Gasteiger partial charge in [-0.3, -0.25) is 14.2 Å². The first-order valence-corrected chi connectivity index (χ1v) is 9.13. The average Bonchev–Trinajstić information content (AvgIpc) is 3.07. The molecule has 28 heavy (non-hydrogen) atoms. The number of carbonyl (C=O) groups is 1. The molecule has 2 aromatic heterocycles. The first-order chi connectivity index (χ1) is 13.4. The molecule has 0 spiro atoms. The number of anilines is 2. The van der Waals surface area contributed by atoms with E-state index in [-0.39, 0.29) is 12.1 Å². The molecule has 0 bridgehead atoms. The maximum absolute atomic E-state index is 12.7. The maximum Gasteiger partial charge on any atom is 0.332 e. The summed E-state index contributed by atoms with van der Waals surface area (Å²) in [6, 6.07) is 7.46. The lowest BCUT2D eigenvalue weighted by molar-refractivity contribution is -0.116. The van der Waals surface area contributed by atoms with Crippen molar-refractivity contribution in [3.8, 4) is 0 Å². The van der Waals surface area contributed by atoms with E-state index in [1.54, 1.807) is 19.2 Å². The zero-order valence-electron chi connectivity index (χ0n) is 16.5. The Morgan fingerprint density at radius 2 is 1.75 bits per heavy atom. The van der Waals surface area contributed by atoms with Gasteiger partial charge in [0.15, 0.2) is 11.2 Å². The van der Waals surface area contributed by atoms with Crippen LogP contribution in [0.1, 0.15) is 13.8 Å². The van der Waals surface area contributed by atoms with Gasteiger partial charge in [-0.15, -0.1) is 0 Å². The van der Waals surface area contributed by atoms with E-state index in [0.29, 0.717) is 11.3 Å². The van der Waals surface area contributed by atoms with Crippen LogP contribution in [0.4, 0.5) is 11.4 Å². The molecule has 0 aliphatic rings. The minimum atomic E-state index is -0.580. The van der Waals surface area contributed by atoms with E-state index < -0.39 is 17.2 Å². The number of carbonyl (C=O) groups excluding carboxylic acids is 1. The van der Waals surface area contributed by atoms with Gasteiger partial charge in [-0.1, -0.05) is 0 Å². The number of benzene rings is 1. The van der Waals surface area contributed by atoms with E-state index in [1.165, 1.54) is 22.5 Å². The quantitative estimate of drug-likeness (QED) is 0.682. The summed E-state index contributed by atoms with van der Waals surface area (Å²) in [5, 5.41) is 2.74. The third-order valence-electron chi connectivity index (χ3n) is 4.78. The maximum atomic E-state index is 12.7. The Morgan fingerprint density at radius 1 is 1.11 bits per heavy atom. The summed E-state index contributed by atoms with van der Waals surface area (Å²) >= 11 is 0. The summed E-state index contributed by atoms with van der Waals surface area (Å²) in [6.45, 7) is 5.58. The third-order valence-corrected chi connectivity index (χ3v) is 4.78. The third kappa shape index (κ3) is 3.42. The van der Waals surface area contributed by atoms with Gasteiger partial charge >= 0.3 is 5.69 Å². The molecule has 9 heteroatoms. The Bertz CT molecular complexity index is 1120. The Labute approximate surface area is 161 Å². The van der Waals surface area contributed by atoms with Crippen molar-refractivity contribution in [2.24, 2.45) is 14.1 Å². The van der Waals surface area contributed by atoms with Crippen molar-refractivity contribution < 1.29 is 4.79 Å². The van der Waals surface area contributed by atoms with E-state index in [1.807, 2.05) is 12.1 Å². The van der Waals surface area contributed by atoms with Gasteiger partial charge in [-0.05, 0) is 38.1 Å². The molecule has 1 N–H and O–H groups in total. The summed E-state index contributed by atoms with van der Waals surface area (Å²) in [6.07, 6.45) is 1.47. The number of nitrogens with one attached hydrogen (secondary N) is 1. The molecule has 3 aromatic rings. The molecule has 1 amide bonds. The molecule has 0 fully saturated rings. The van der Waals surface area contributed by atoms with Gasteiger partial charge in [0, 0.05) is 38.6 Å². The topological polar surface area (TPSA) is 94.2 Å². The number of hydrogen-bond donors (Lipinski definition) is 1. The Balaban J connectivity index is 1.83. The summed E-state index contributed by atoms with van der Waals surface area (Å²) < 4.78 is 3.73. The van der Waals surface area contributed by atoms with Crippen LogP contribution in [0.25, 0.3) is 11.2 Å². The van der Waals surface area contributed by atoms with Crippen LogP contribution in [-0.2, 0) is 25.4 Å². The molecule has 2 heterocycles. The van der Waals surface area contributed by atoms with Crippen LogP contribution in [-0.4, -0.2) is 37.7 Å². The van der Waals surface area contributed by atoms with E-state index in [9.17, 15) is 14.4 Å². The van der Waals surface area contributed by atoms with Crippen molar-refractivity contribution in [2.75, 3.05) is 23.3 Å². The van der Waals surface area contributed by atoms with Gasteiger partial charge in [-0.25, -0.2) is 14.3 Å². The lowest BCUT2D eigenvalue weighted by Crippen LogP contribution is -2.42. The standard InChI is InChI=1S/C19H24N6O3/c1-5-24(6-2)14-9-7-13(8-10-14)21-15(26)11-25-18(27)16-17(20-12-22(16)3)23(4)19(25)28/h7-10,12H,5-6,11H2,1-4H3,(H,21,26). The smallest absolute Gasteiger partial charge is 0.332 e. The molecule has 0 saturated heterocycles. The Morgan fingerprint density at radius 3 is 2.36 bits per heavy atom. The first kappa shape index (κ1) is 19.4. The second kappa shape index (κ2) is 7.71. The van der Waals surface area contributed by atoms with E-state index in [0.717, 1.165) is 23.3 Å². The number of aryl methyl sites for hydroxylation is 2. The summed E-state index contributed by atoms with van der Waals surface area (Å²) in [7, 11) is 3.19. The van der Waals surface area contributed by atoms with Gasteiger partial charge in [0.1, 0.15) is 6.54 Å². The van der Waals surface area contributed by atoms with Crippen molar-refractivity contribution in [1.29, 1.82) is 0 Å². The number of rotatable bonds is 6. The lowest BCUT2D eigenvalue weighted by Gasteiger charge is -2.21. The number of amides is 1. The van der Waals surface area contributed by atoms with Crippen molar-refractivity contribution in [1.82, 2.24) is 18.7 Å². The highest BCUT2D eigenvalue weighted by atomic mass is 16.2. The van der Waals surface area contributed by atoms with Gasteiger partial charge in [0.05, 0.1) is 6.33 Å². The highest BCUT2D eigenvalue weighted by Crippen LogP contribution is 2.17. The predicted octanol–water partition coefficient (Wildman–Crippen LogP) is 0.919. The first-order valence-electron chi connectivity index (χ1n) is 9.13. The van der Waals surface area contributed by atoms with E-state index in [2.05, 4.69) is 29.0 Å². The van der Waals surface area contributed by atoms with Crippen LogP contribution in [0.3, 0.4) is 0 Å². The van der Waals surface area contributed by atoms with Crippen LogP contribution < -0.4 is 21.5 Å². The fourth-order valence-corrected chi connectivity index (χ4v) is 3.22. The van der Waals surface area contributed by atoms with Gasteiger partial charge in [0.25, 0.3) is 5.56 Å². The molecule has 3 rings (SSSR count). The predicted molar refractivity (Wildman–Crippen MR) is 109 cm³/mol. The number of aromatic nitrogens is 4.